The number of hydrazone groups is 1. The molecule has 0 atom stereocenters. The van der Waals surface area contributed by atoms with Crippen LogP contribution in [-0.2, 0) is 13.2 Å². The van der Waals surface area contributed by atoms with Crippen molar-refractivity contribution in [1.29, 1.82) is 5.26 Å². The lowest BCUT2D eigenvalue weighted by Gasteiger charge is -2.08. The van der Waals surface area contributed by atoms with Gasteiger partial charge in [0.2, 0.25) is 5.71 Å². The molecular formula is C17H12F3N5. The van der Waals surface area contributed by atoms with Gasteiger partial charge in [-0.25, -0.2) is 4.98 Å². The molecule has 1 aromatic heterocycles. The molecule has 126 valence electrons. The predicted molar refractivity (Wildman–Crippen MR) is 87.9 cm³/mol. The summed E-state index contributed by atoms with van der Waals surface area (Å²) in [6.07, 6.45) is -4.45. The molecular weight excluding hydrogens is 331 g/mol. The molecule has 3 rings (SSSR count). The average Bonchev–Trinajstić information content (AvgIpc) is 2.92. The van der Waals surface area contributed by atoms with Gasteiger partial charge in [-0.15, -0.1) is 0 Å². The van der Waals surface area contributed by atoms with Crippen molar-refractivity contribution in [2.75, 3.05) is 5.43 Å². The van der Waals surface area contributed by atoms with Crippen LogP contribution < -0.4 is 5.43 Å². The number of imidazole rings is 1. The number of nitrogens with one attached hydrogen (secondary N) is 1. The van der Waals surface area contributed by atoms with Gasteiger partial charge in [0, 0.05) is 7.05 Å². The minimum absolute atomic E-state index is 0.0314. The molecule has 0 saturated carbocycles. The Kier molecular flexibility index (Phi) is 4.15. The van der Waals surface area contributed by atoms with E-state index in [4.69, 9.17) is 0 Å². The largest absolute Gasteiger partial charge is 0.416 e. The Hall–Kier alpha value is -3.34. The third-order valence-electron chi connectivity index (χ3n) is 3.59. The Morgan fingerprint density at radius 3 is 2.64 bits per heavy atom. The number of hydrogen-bond acceptors (Lipinski definition) is 4. The number of hydrogen-bond donors (Lipinski definition) is 1. The molecule has 0 amide bonds. The third kappa shape index (κ3) is 3.30. The number of para-hydroxylation sites is 2. The number of halogens is 3. The topological polar surface area (TPSA) is 66.0 Å². The standard InChI is InChI=1S/C17H12F3N5/c1-25-15-8-3-2-7-13(15)22-16(25)14(10-21)24-23-12-6-4-5-11(9-12)17(18,19)20/h2-9,23H,1H3/b24-14-. The first-order valence-electron chi connectivity index (χ1n) is 7.23. The van der Waals surface area contributed by atoms with Crippen molar-refractivity contribution in [3.05, 3.63) is 59.9 Å². The number of nitrogens with zero attached hydrogens (tertiary/aromatic N) is 4. The summed E-state index contributed by atoms with van der Waals surface area (Å²) in [5, 5.41) is 13.3. The maximum absolute atomic E-state index is 12.7. The zero-order valence-electron chi connectivity index (χ0n) is 13.0. The van der Waals surface area contributed by atoms with Gasteiger partial charge in [0.05, 0.1) is 22.3 Å². The Labute approximate surface area is 141 Å². The van der Waals surface area contributed by atoms with E-state index in [2.05, 4.69) is 15.5 Å². The number of anilines is 1. The van der Waals surface area contributed by atoms with Crippen molar-refractivity contribution in [3.8, 4) is 6.07 Å². The molecule has 0 aliphatic heterocycles. The van der Waals surface area contributed by atoms with Crippen molar-refractivity contribution < 1.29 is 13.2 Å². The first-order valence-corrected chi connectivity index (χ1v) is 7.23. The molecule has 0 aliphatic carbocycles. The van der Waals surface area contributed by atoms with Crippen LogP contribution in [-0.4, -0.2) is 15.3 Å². The van der Waals surface area contributed by atoms with E-state index < -0.39 is 11.7 Å². The lowest BCUT2D eigenvalue weighted by Crippen LogP contribution is -2.09. The molecule has 0 fully saturated rings. The van der Waals surface area contributed by atoms with Crippen LogP contribution in [0.1, 0.15) is 11.4 Å². The molecule has 3 aromatic rings. The quantitative estimate of drug-likeness (QED) is 0.579. The summed E-state index contributed by atoms with van der Waals surface area (Å²) in [5.41, 5.74) is 3.30. The maximum atomic E-state index is 12.7. The normalized spacial score (nSPS) is 12.2. The van der Waals surface area contributed by atoms with Crippen LogP contribution in [0.25, 0.3) is 11.0 Å². The van der Waals surface area contributed by atoms with Gasteiger partial charge in [0.15, 0.2) is 5.82 Å². The zero-order chi connectivity index (χ0) is 18.0. The second kappa shape index (κ2) is 6.28. The highest BCUT2D eigenvalue weighted by Crippen LogP contribution is 2.30. The second-order valence-electron chi connectivity index (χ2n) is 5.25. The molecule has 0 saturated heterocycles. The maximum Gasteiger partial charge on any atom is 0.416 e. The van der Waals surface area contributed by atoms with Crippen LogP contribution in [0.2, 0.25) is 0 Å². The molecule has 5 nitrogen and oxygen atoms in total. The van der Waals surface area contributed by atoms with Gasteiger partial charge in [-0.1, -0.05) is 18.2 Å². The van der Waals surface area contributed by atoms with Crippen LogP contribution >= 0.6 is 0 Å². The number of alkyl halides is 3. The molecule has 0 aliphatic rings. The molecule has 0 spiro atoms. The zero-order valence-corrected chi connectivity index (χ0v) is 13.0. The molecule has 8 heteroatoms. The summed E-state index contributed by atoms with van der Waals surface area (Å²) in [6, 6.07) is 13.8. The summed E-state index contributed by atoms with van der Waals surface area (Å²) >= 11 is 0. The van der Waals surface area contributed by atoms with E-state index in [1.807, 2.05) is 24.3 Å². The molecule has 25 heavy (non-hydrogen) atoms. The number of aryl methyl sites for hydroxylation is 1. The van der Waals surface area contributed by atoms with Crippen LogP contribution in [0.15, 0.2) is 53.6 Å². The molecule has 0 bridgehead atoms. The third-order valence-corrected chi connectivity index (χ3v) is 3.59. The van der Waals surface area contributed by atoms with Gasteiger partial charge in [-0.3, -0.25) is 5.43 Å². The molecule has 2 aromatic carbocycles. The Morgan fingerprint density at radius 1 is 1.20 bits per heavy atom. The van der Waals surface area contributed by atoms with Gasteiger partial charge in [-0.05, 0) is 30.3 Å². The van der Waals surface area contributed by atoms with Gasteiger partial charge in [0.25, 0.3) is 0 Å². The van der Waals surface area contributed by atoms with E-state index in [-0.39, 0.29) is 11.4 Å². The minimum Gasteiger partial charge on any atom is -0.325 e. The average molecular weight is 343 g/mol. The van der Waals surface area contributed by atoms with E-state index in [0.717, 1.165) is 17.6 Å². The van der Waals surface area contributed by atoms with E-state index >= 15 is 0 Å². The van der Waals surface area contributed by atoms with Crippen molar-refractivity contribution in [3.63, 3.8) is 0 Å². The lowest BCUT2D eigenvalue weighted by molar-refractivity contribution is -0.137. The highest BCUT2D eigenvalue weighted by molar-refractivity contribution is 6.11. The fourth-order valence-electron chi connectivity index (χ4n) is 2.37. The van der Waals surface area contributed by atoms with Crippen LogP contribution in [0.3, 0.4) is 0 Å². The first kappa shape index (κ1) is 16.5. The van der Waals surface area contributed by atoms with Gasteiger partial charge >= 0.3 is 6.18 Å². The predicted octanol–water partition coefficient (Wildman–Crippen LogP) is 3.93. The first-order chi connectivity index (χ1) is 11.9. The Bertz CT molecular complexity index is 995. The number of nitriles is 1. The second-order valence-corrected chi connectivity index (χ2v) is 5.25. The fraction of sp³-hybridized carbons (Fsp3) is 0.118. The highest BCUT2D eigenvalue weighted by Gasteiger charge is 2.30. The summed E-state index contributed by atoms with van der Waals surface area (Å²) in [4.78, 5) is 4.34. The van der Waals surface area contributed by atoms with E-state index in [0.29, 0.717) is 11.3 Å². The summed E-state index contributed by atoms with van der Waals surface area (Å²) in [7, 11) is 1.74. The number of fused-ring (bicyclic) bond motifs is 1. The number of rotatable bonds is 3. The van der Waals surface area contributed by atoms with Crippen molar-refractivity contribution in [2.24, 2.45) is 12.1 Å². The minimum atomic E-state index is -4.45. The summed E-state index contributed by atoms with van der Waals surface area (Å²) in [6.45, 7) is 0. The smallest absolute Gasteiger partial charge is 0.325 e. The van der Waals surface area contributed by atoms with Crippen LogP contribution in [0.4, 0.5) is 18.9 Å². The van der Waals surface area contributed by atoms with Gasteiger partial charge < -0.3 is 4.57 Å². The number of aromatic nitrogens is 2. The summed E-state index contributed by atoms with van der Waals surface area (Å²) < 4.78 is 39.9. The molecule has 1 N–H and O–H groups in total. The van der Waals surface area contributed by atoms with E-state index in [1.54, 1.807) is 17.7 Å². The van der Waals surface area contributed by atoms with Gasteiger partial charge in [-0.2, -0.15) is 23.5 Å². The highest BCUT2D eigenvalue weighted by atomic mass is 19.4. The van der Waals surface area contributed by atoms with Crippen molar-refractivity contribution >= 4 is 22.4 Å². The summed E-state index contributed by atoms with van der Waals surface area (Å²) in [5.74, 6) is 0.322. The van der Waals surface area contributed by atoms with E-state index in [1.165, 1.54) is 12.1 Å². The monoisotopic (exact) mass is 343 g/mol. The van der Waals surface area contributed by atoms with Gasteiger partial charge in [0.1, 0.15) is 6.07 Å². The van der Waals surface area contributed by atoms with E-state index in [9.17, 15) is 18.4 Å². The van der Waals surface area contributed by atoms with Crippen LogP contribution in [0.5, 0.6) is 0 Å². The molecule has 0 radical (unpaired) electrons. The molecule has 1 heterocycles. The van der Waals surface area contributed by atoms with Crippen LogP contribution in [0, 0.1) is 11.3 Å². The number of benzene rings is 2. The van der Waals surface area contributed by atoms with Crippen molar-refractivity contribution in [1.82, 2.24) is 9.55 Å². The van der Waals surface area contributed by atoms with Crippen molar-refractivity contribution in [2.45, 2.75) is 6.18 Å². The lowest BCUT2D eigenvalue weighted by atomic mass is 10.2. The Morgan fingerprint density at radius 2 is 1.96 bits per heavy atom. The molecule has 0 unspecified atom stereocenters. The fourth-order valence-corrected chi connectivity index (χ4v) is 2.37. The SMILES string of the molecule is Cn1c(/C(C#N)=N\Nc2cccc(C(F)(F)F)c2)nc2ccccc21. The Balaban J connectivity index is 1.94.